The highest BCUT2D eigenvalue weighted by Crippen LogP contribution is 2.27. The lowest BCUT2D eigenvalue weighted by Gasteiger charge is -2.16. The molecule has 0 spiro atoms. The van der Waals surface area contributed by atoms with E-state index in [0.717, 1.165) is 5.69 Å². The van der Waals surface area contributed by atoms with Crippen molar-refractivity contribution in [1.29, 1.82) is 0 Å². The maximum absolute atomic E-state index is 4.47. The summed E-state index contributed by atoms with van der Waals surface area (Å²) in [5.41, 5.74) is 2.31. The van der Waals surface area contributed by atoms with Gasteiger partial charge in [0.15, 0.2) is 0 Å². The maximum atomic E-state index is 4.47. The van der Waals surface area contributed by atoms with E-state index < -0.39 is 0 Å². The van der Waals surface area contributed by atoms with E-state index in [9.17, 15) is 0 Å². The number of nitrogens with zero attached hydrogens (tertiary/aromatic N) is 2. The number of hydrogen-bond donors (Lipinski definition) is 1. The summed E-state index contributed by atoms with van der Waals surface area (Å²) in [6.07, 6.45) is 3.90. The lowest BCUT2D eigenvalue weighted by atomic mass is 9.97. The maximum Gasteiger partial charge on any atom is 0.0947 e. The van der Waals surface area contributed by atoms with Crippen molar-refractivity contribution < 1.29 is 0 Å². The van der Waals surface area contributed by atoms with Gasteiger partial charge in [-0.05, 0) is 23.4 Å². The molecule has 2 aromatic carbocycles. The normalized spacial score (nSPS) is 12.7. The molecule has 19 heavy (non-hydrogen) atoms. The van der Waals surface area contributed by atoms with E-state index in [0.29, 0.717) is 0 Å². The molecule has 1 heterocycles. The number of nitrogens with one attached hydrogen (secondary N) is 1. The van der Waals surface area contributed by atoms with E-state index in [-0.39, 0.29) is 6.04 Å². The molecule has 96 valence electrons. The van der Waals surface area contributed by atoms with Gasteiger partial charge in [0, 0.05) is 13.2 Å². The van der Waals surface area contributed by atoms with Crippen LogP contribution in [0.15, 0.2) is 55.0 Å². The molecule has 3 rings (SSSR count). The van der Waals surface area contributed by atoms with Crippen LogP contribution in [0, 0.1) is 0 Å². The monoisotopic (exact) mass is 251 g/mol. The Bertz CT molecular complexity index is 695. The summed E-state index contributed by atoms with van der Waals surface area (Å²) in [6, 6.07) is 15.0. The molecule has 1 N–H and O–H groups in total. The minimum Gasteiger partial charge on any atom is -0.340 e. The third kappa shape index (κ3) is 2.13. The van der Waals surface area contributed by atoms with Crippen LogP contribution in [-0.2, 0) is 7.05 Å². The summed E-state index contributed by atoms with van der Waals surface area (Å²) in [5, 5.41) is 5.90. The molecule has 0 fully saturated rings. The van der Waals surface area contributed by atoms with Crippen LogP contribution in [0.2, 0.25) is 0 Å². The highest BCUT2D eigenvalue weighted by molar-refractivity contribution is 5.86. The Balaban J connectivity index is 2.16. The SMILES string of the molecule is CNC(c1cn(C)cn1)c1cccc2ccccc12. The zero-order valence-electron chi connectivity index (χ0n) is 11.2. The fraction of sp³-hybridized carbons (Fsp3) is 0.188. The molecule has 0 radical (unpaired) electrons. The van der Waals surface area contributed by atoms with Crippen molar-refractivity contribution in [2.75, 3.05) is 7.05 Å². The number of aryl methyl sites for hydroxylation is 1. The third-order valence-electron chi connectivity index (χ3n) is 3.44. The number of rotatable bonds is 3. The molecule has 0 aliphatic heterocycles. The zero-order valence-corrected chi connectivity index (χ0v) is 11.2. The fourth-order valence-corrected chi connectivity index (χ4v) is 2.55. The number of aromatic nitrogens is 2. The van der Waals surface area contributed by atoms with Crippen molar-refractivity contribution in [2.45, 2.75) is 6.04 Å². The van der Waals surface area contributed by atoms with Crippen LogP contribution in [0.1, 0.15) is 17.3 Å². The largest absolute Gasteiger partial charge is 0.340 e. The Morgan fingerprint density at radius 1 is 1.11 bits per heavy atom. The average molecular weight is 251 g/mol. The first-order chi connectivity index (χ1) is 9.29. The predicted octanol–water partition coefficient (Wildman–Crippen LogP) is 2.88. The van der Waals surface area contributed by atoms with Crippen LogP contribution >= 0.6 is 0 Å². The molecule has 0 aliphatic carbocycles. The third-order valence-corrected chi connectivity index (χ3v) is 3.44. The van der Waals surface area contributed by atoms with Crippen molar-refractivity contribution in [2.24, 2.45) is 7.05 Å². The summed E-state index contributed by atoms with van der Waals surface area (Å²) >= 11 is 0. The molecular formula is C16H17N3. The van der Waals surface area contributed by atoms with E-state index in [1.165, 1.54) is 16.3 Å². The Morgan fingerprint density at radius 2 is 1.89 bits per heavy atom. The van der Waals surface area contributed by atoms with Crippen LogP contribution in [0.5, 0.6) is 0 Å². The van der Waals surface area contributed by atoms with Crippen molar-refractivity contribution in [3.63, 3.8) is 0 Å². The molecule has 0 saturated carbocycles. The van der Waals surface area contributed by atoms with Gasteiger partial charge in [-0.15, -0.1) is 0 Å². The molecule has 3 aromatic rings. The number of fused-ring (bicyclic) bond motifs is 1. The Hall–Kier alpha value is -2.13. The first kappa shape index (κ1) is 11.9. The second kappa shape index (κ2) is 4.86. The summed E-state index contributed by atoms with van der Waals surface area (Å²) in [7, 11) is 3.97. The summed E-state index contributed by atoms with van der Waals surface area (Å²) in [4.78, 5) is 4.47. The Kier molecular flexibility index (Phi) is 3.05. The molecule has 0 saturated heterocycles. The predicted molar refractivity (Wildman–Crippen MR) is 78.1 cm³/mol. The molecule has 3 nitrogen and oxygen atoms in total. The van der Waals surface area contributed by atoms with Gasteiger partial charge in [0.05, 0.1) is 18.1 Å². The molecule has 0 bridgehead atoms. The molecular weight excluding hydrogens is 234 g/mol. The number of hydrogen-bond acceptors (Lipinski definition) is 2. The van der Waals surface area contributed by atoms with Crippen LogP contribution in [0.3, 0.4) is 0 Å². The second-order valence-corrected chi connectivity index (χ2v) is 4.75. The van der Waals surface area contributed by atoms with Crippen LogP contribution in [-0.4, -0.2) is 16.6 Å². The van der Waals surface area contributed by atoms with Gasteiger partial charge in [-0.3, -0.25) is 0 Å². The first-order valence-electron chi connectivity index (χ1n) is 6.42. The topological polar surface area (TPSA) is 29.9 Å². The smallest absolute Gasteiger partial charge is 0.0947 e. The summed E-state index contributed by atoms with van der Waals surface area (Å²) < 4.78 is 1.98. The van der Waals surface area contributed by atoms with Gasteiger partial charge in [0.2, 0.25) is 0 Å². The lowest BCUT2D eigenvalue weighted by molar-refractivity contribution is 0.679. The van der Waals surface area contributed by atoms with Crippen molar-refractivity contribution in [1.82, 2.24) is 14.9 Å². The zero-order chi connectivity index (χ0) is 13.2. The van der Waals surface area contributed by atoms with Crippen molar-refractivity contribution in [3.05, 3.63) is 66.2 Å². The molecule has 0 amide bonds. The van der Waals surface area contributed by atoms with E-state index in [2.05, 4.69) is 59.0 Å². The van der Waals surface area contributed by atoms with E-state index in [1.807, 2.05) is 25.0 Å². The van der Waals surface area contributed by atoms with Crippen LogP contribution in [0.25, 0.3) is 10.8 Å². The fourth-order valence-electron chi connectivity index (χ4n) is 2.55. The Morgan fingerprint density at radius 3 is 2.63 bits per heavy atom. The van der Waals surface area contributed by atoms with Crippen LogP contribution in [0.4, 0.5) is 0 Å². The quantitative estimate of drug-likeness (QED) is 0.775. The Labute approximate surface area is 112 Å². The number of benzene rings is 2. The average Bonchev–Trinajstić information content (AvgIpc) is 2.86. The van der Waals surface area contributed by atoms with E-state index in [1.54, 1.807) is 0 Å². The van der Waals surface area contributed by atoms with Crippen molar-refractivity contribution >= 4 is 10.8 Å². The lowest BCUT2D eigenvalue weighted by Crippen LogP contribution is -2.18. The second-order valence-electron chi connectivity index (χ2n) is 4.75. The van der Waals surface area contributed by atoms with Gasteiger partial charge in [-0.2, -0.15) is 0 Å². The summed E-state index contributed by atoms with van der Waals surface area (Å²) in [5.74, 6) is 0. The van der Waals surface area contributed by atoms with Gasteiger partial charge in [-0.25, -0.2) is 4.98 Å². The highest BCUT2D eigenvalue weighted by atomic mass is 15.0. The summed E-state index contributed by atoms with van der Waals surface area (Å²) in [6.45, 7) is 0. The molecule has 1 atom stereocenters. The van der Waals surface area contributed by atoms with Crippen LogP contribution < -0.4 is 5.32 Å². The first-order valence-corrected chi connectivity index (χ1v) is 6.42. The molecule has 1 aromatic heterocycles. The standard InChI is InChI=1S/C16H17N3/c1-17-16(15-10-19(2)11-18-15)14-9-5-7-12-6-3-4-8-13(12)14/h3-11,16-17H,1-2H3. The van der Waals surface area contributed by atoms with Gasteiger partial charge >= 0.3 is 0 Å². The molecule has 3 heteroatoms. The van der Waals surface area contributed by atoms with Gasteiger partial charge in [0.1, 0.15) is 0 Å². The minimum atomic E-state index is 0.118. The minimum absolute atomic E-state index is 0.118. The van der Waals surface area contributed by atoms with Gasteiger partial charge < -0.3 is 9.88 Å². The number of imidazole rings is 1. The van der Waals surface area contributed by atoms with Crippen molar-refractivity contribution in [3.8, 4) is 0 Å². The van der Waals surface area contributed by atoms with Gasteiger partial charge in [-0.1, -0.05) is 42.5 Å². The van der Waals surface area contributed by atoms with E-state index >= 15 is 0 Å². The van der Waals surface area contributed by atoms with Gasteiger partial charge in [0.25, 0.3) is 0 Å². The molecule has 1 unspecified atom stereocenters. The highest BCUT2D eigenvalue weighted by Gasteiger charge is 2.16. The molecule has 0 aliphatic rings. The van der Waals surface area contributed by atoms with E-state index in [4.69, 9.17) is 0 Å².